The Morgan fingerprint density at radius 1 is 1.33 bits per heavy atom. The monoisotopic (exact) mass is 250 g/mol. The van der Waals surface area contributed by atoms with Crippen molar-refractivity contribution in [2.45, 2.75) is 39.2 Å². The molecule has 1 aliphatic carbocycles. The van der Waals surface area contributed by atoms with Crippen LogP contribution in [-0.4, -0.2) is 29.8 Å². The lowest BCUT2D eigenvalue weighted by molar-refractivity contribution is 0.420. The third kappa shape index (κ3) is 2.11. The molecule has 1 aromatic rings. The van der Waals surface area contributed by atoms with E-state index >= 15 is 0 Å². The Kier molecular flexibility index (Phi) is 3.24. The molecule has 1 saturated heterocycles. The Morgan fingerprint density at radius 2 is 2.06 bits per heavy atom. The molecule has 5 nitrogen and oxygen atoms in total. The lowest BCUT2D eigenvalue weighted by Crippen LogP contribution is -2.21. The lowest BCUT2D eigenvalue weighted by Gasteiger charge is -2.13. The molecular formula is C13H22N4O. The first-order valence-corrected chi connectivity index (χ1v) is 7.09. The van der Waals surface area contributed by atoms with Crippen LogP contribution in [0.25, 0.3) is 0 Å². The average molecular weight is 250 g/mol. The largest absolute Gasteiger partial charge is 0.406 e. The highest BCUT2D eigenvalue weighted by molar-refractivity contribution is 5.28. The predicted octanol–water partition coefficient (Wildman–Crippen LogP) is 1.98. The topological polar surface area (TPSA) is 54.2 Å². The van der Waals surface area contributed by atoms with E-state index in [-0.39, 0.29) is 6.04 Å². The van der Waals surface area contributed by atoms with Gasteiger partial charge in [-0.05, 0) is 38.1 Å². The molecule has 3 rings (SSSR count). The number of nitrogens with one attached hydrogen (secondary N) is 1. The van der Waals surface area contributed by atoms with E-state index in [9.17, 15) is 0 Å². The molecule has 3 unspecified atom stereocenters. The van der Waals surface area contributed by atoms with E-state index in [1.165, 1.54) is 19.3 Å². The van der Waals surface area contributed by atoms with Crippen LogP contribution < -0.4 is 10.2 Å². The van der Waals surface area contributed by atoms with Crippen LogP contribution in [0.2, 0.25) is 0 Å². The summed E-state index contributed by atoms with van der Waals surface area (Å²) in [7, 11) is 0. The zero-order valence-corrected chi connectivity index (χ0v) is 11.2. The van der Waals surface area contributed by atoms with Crippen molar-refractivity contribution in [3.8, 4) is 0 Å². The number of aromatic nitrogens is 2. The fourth-order valence-corrected chi connectivity index (χ4v) is 3.31. The summed E-state index contributed by atoms with van der Waals surface area (Å²) < 4.78 is 5.79. The average Bonchev–Trinajstić information content (AvgIpc) is 3.03. The molecule has 1 aromatic heterocycles. The van der Waals surface area contributed by atoms with Crippen LogP contribution in [0.3, 0.4) is 0 Å². The first-order chi connectivity index (χ1) is 8.78. The smallest absolute Gasteiger partial charge is 0.318 e. The maximum Gasteiger partial charge on any atom is 0.318 e. The minimum atomic E-state index is 0.137. The quantitative estimate of drug-likeness (QED) is 0.885. The van der Waals surface area contributed by atoms with Crippen LogP contribution in [-0.2, 0) is 0 Å². The Balaban J connectivity index is 1.67. The van der Waals surface area contributed by atoms with Gasteiger partial charge in [0.25, 0.3) is 0 Å². The molecule has 0 radical (unpaired) electrons. The summed E-state index contributed by atoms with van der Waals surface area (Å²) in [5.74, 6) is 2.40. The zero-order chi connectivity index (χ0) is 12.5. The second-order valence-electron chi connectivity index (χ2n) is 5.56. The van der Waals surface area contributed by atoms with Crippen molar-refractivity contribution < 1.29 is 4.42 Å². The molecule has 2 aliphatic rings. The highest BCUT2D eigenvalue weighted by Gasteiger charge is 2.38. The second kappa shape index (κ2) is 4.88. The van der Waals surface area contributed by atoms with E-state index in [2.05, 4.69) is 34.3 Å². The summed E-state index contributed by atoms with van der Waals surface area (Å²) in [6.07, 6.45) is 4.14. The van der Waals surface area contributed by atoms with Gasteiger partial charge in [-0.1, -0.05) is 18.4 Å². The molecule has 100 valence electrons. The maximum atomic E-state index is 5.79. The highest BCUT2D eigenvalue weighted by atomic mass is 16.4. The number of anilines is 1. The Morgan fingerprint density at radius 3 is 2.72 bits per heavy atom. The third-order valence-corrected chi connectivity index (χ3v) is 4.31. The highest BCUT2D eigenvalue weighted by Crippen LogP contribution is 2.39. The number of nitrogens with zero attached hydrogens (tertiary/aromatic N) is 3. The van der Waals surface area contributed by atoms with Gasteiger partial charge in [0.15, 0.2) is 0 Å². The molecule has 1 saturated carbocycles. The molecule has 5 heteroatoms. The van der Waals surface area contributed by atoms with Crippen LogP contribution in [0.15, 0.2) is 4.42 Å². The third-order valence-electron chi connectivity index (χ3n) is 4.31. The summed E-state index contributed by atoms with van der Waals surface area (Å²) in [5.41, 5.74) is 0. The maximum absolute atomic E-state index is 5.79. The van der Waals surface area contributed by atoms with Crippen LogP contribution in [0.1, 0.15) is 45.0 Å². The number of rotatable bonds is 4. The van der Waals surface area contributed by atoms with E-state index in [0.717, 1.165) is 31.5 Å². The van der Waals surface area contributed by atoms with Crippen molar-refractivity contribution in [1.29, 1.82) is 0 Å². The normalized spacial score (nSPS) is 28.7. The van der Waals surface area contributed by atoms with Crippen molar-refractivity contribution >= 4 is 6.01 Å². The van der Waals surface area contributed by atoms with Gasteiger partial charge in [0.2, 0.25) is 5.89 Å². The standard InChI is InChI=1S/C13H22N4O/c1-3-14-9(2)12-15-16-13(18-12)17-7-10-5-4-6-11(10)8-17/h9-11,14H,3-8H2,1-2H3. The Labute approximate surface area is 108 Å². The van der Waals surface area contributed by atoms with Gasteiger partial charge in [-0.3, -0.25) is 0 Å². The van der Waals surface area contributed by atoms with Gasteiger partial charge >= 0.3 is 6.01 Å². The van der Waals surface area contributed by atoms with Gasteiger partial charge in [-0.2, -0.15) is 0 Å². The van der Waals surface area contributed by atoms with E-state index in [1.807, 2.05) is 0 Å². The Hall–Kier alpha value is -1.10. The van der Waals surface area contributed by atoms with Crippen LogP contribution in [0.5, 0.6) is 0 Å². The van der Waals surface area contributed by atoms with Gasteiger partial charge in [0.1, 0.15) is 0 Å². The van der Waals surface area contributed by atoms with Gasteiger partial charge in [0.05, 0.1) is 6.04 Å². The van der Waals surface area contributed by atoms with Crippen molar-refractivity contribution in [3.63, 3.8) is 0 Å². The predicted molar refractivity (Wildman–Crippen MR) is 69.4 cm³/mol. The molecule has 18 heavy (non-hydrogen) atoms. The van der Waals surface area contributed by atoms with Gasteiger partial charge in [-0.25, -0.2) is 0 Å². The van der Waals surface area contributed by atoms with Gasteiger partial charge in [0, 0.05) is 13.1 Å². The SMILES string of the molecule is CCNC(C)c1nnc(N2CC3CCCC3C2)o1. The first kappa shape index (κ1) is 12.0. The molecule has 1 aliphatic heterocycles. The lowest BCUT2D eigenvalue weighted by atomic mass is 10.0. The van der Waals surface area contributed by atoms with Gasteiger partial charge < -0.3 is 14.6 Å². The van der Waals surface area contributed by atoms with Crippen molar-refractivity contribution in [3.05, 3.63) is 5.89 Å². The molecule has 3 atom stereocenters. The molecule has 0 spiro atoms. The van der Waals surface area contributed by atoms with Crippen LogP contribution in [0.4, 0.5) is 6.01 Å². The number of hydrogen-bond acceptors (Lipinski definition) is 5. The summed E-state index contributed by atoms with van der Waals surface area (Å²) in [6, 6.07) is 0.850. The Bertz CT molecular complexity index is 393. The summed E-state index contributed by atoms with van der Waals surface area (Å²) >= 11 is 0. The molecule has 0 amide bonds. The van der Waals surface area contributed by atoms with Crippen LogP contribution in [0, 0.1) is 11.8 Å². The van der Waals surface area contributed by atoms with Crippen molar-refractivity contribution in [2.75, 3.05) is 24.5 Å². The fourth-order valence-electron chi connectivity index (χ4n) is 3.31. The fraction of sp³-hybridized carbons (Fsp3) is 0.846. The second-order valence-corrected chi connectivity index (χ2v) is 5.56. The van der Waals surface area contributed by atoms with Crippen LogP contribution >= 0.6 is 0 Å². The van der Waals surface area contributed by atoms with E-state index < -0.39 is 0 Å². The van der Waals surface area contributed by atoms with E-state index in [4.69, 9.17) is 4.42 Å². The van der Waals surface area contributed by atoms with Crippen molar-refractivity contribution in [1.82, 2.24) is 15.5 Å². The number of hydrogen-bond donors (Lipinski definition) is 1. The summed E-state index contributed by atoms with van der Waals surface area (Å²) in [6.45, 7) is 7.24. The molecular weight excluding hydrogens is 228 g/mol. The minimum absolute atomic E-state index is 0.137. The zero-order valence-electron chi connectivity index (χ0n) is 11.2. The number of fused-ring (bicyclic) bond motifs is 1. The molecule has 1 N–H and O–H groups in total. The van der Waals surface area contributed by atoms with E-state index in [0.29, 0.717) is 11.9 Å². The first-order valence-electron chi connectivity index (χ1n) is 7.09. The van der Waals surface area contributed by atoms with E-state index in [1.54, 1.807) is 0 Å². The molecule has 0 bridgehead atoms. The van der Waals surface area contributed by atoms with Gasteiger partial charge in [-0.15, -0.1) is 5.10 Å². The minimum Gasteiger partial charge on any atom is -0.406 e. The molecule has 0 aromatic carbocycles. The van der Waals surface area contributed by atoms with Crippen molar-refractivity contribution in [2.24, 2.45) is 11.8 Å². The molecule has 2 heterocycles. The summed E-state index contributed by atoms with van der Waals surface area (Å²) in [5, 5.41) is 11.6. The molecule has 2 fully saturated rings. The summed E-state index contributed by atoms with van der Waals surface area (Å²) in [4.78, 5) is 2.27.